The molecule has 0 saturated heterocycles. The maximum absolute atomic E-state index is 4.96. The van der Waals surface area contributed by atoms with Crippen LogP contribution in [0.5, 0.6) is 0 Å². The van der Waals surface area contributed by atoms with Crippen LogP contribution >= 0.6 is 0 Å². The predicted octanol–water partition coefficient (Wildman–Crippen LogP) is 8.63. The molecule has 4 aromatic carbocycles. The summed E-state index contributed by atoms with van der Waals surface area (Å²) in [5, 5.41) is 2.56. The first-order valence-corrected chi connectivity index (χ1v) is 13.1. The van der Waals surface area contributed by atoms with Crippen molar-refractivity contribution in [2.24, 2.45) is 0 Å². The number of fused-ring (bicyclic) bond motifs is 7. The Morgan fingerprint density at radius 2 is 1.57 bits per heavy atom. The maximum atomic E-state index is 4.96. The molecule has 2 aromatic heterocycles. The molecule has 3 nitrogen and oxygen atoms in total. The van der Waals surface area contributed by atoms with E-state index < -0.39 is 0 Å². The molecule has 0 aliphatic heterocycles. The minimum absolute atomic E-state index is 0.0468. The Morgan fingerprint density at radius 3 is 2.46 bits per heavy atom. The highest BCUT2D eigenvalue weighted by molar-refractivity contribution is 6.12. The highest BCUT2D eigenvalue weighted by atomic mass is 15.1. The lowest BCUT2D eigenvalue weighted by atomic mass is 9.82. The summed E-state index contributed by atoms with van der Waals surface area (Å²) in [5.41, 5.74) is 12.4. The standard InChI is InChI=1S/C34H27N3/c1-34(2)27-15-8-6-13-23(27)25-19-26-24-14-7-9-16-29(24)37(32(26)20-28(25)34)31-18-10-17-30-33(31)35-21-36(30)22-11-4-3-5-12-22/h4,6-21H,3,5H2,1-2H3. The van der Waals surface area contributed by atoms with E-state index in [-0.39, 0.29) is 5.41 Å². The normalized spacial score (nSPS) is 15.9. The van der Waals surface area contributed by atoms with Gasteiger partial charge in [-0.2, -0.15) is 0 Å². The number of imidazole rings is 1. The summed E-state index contributed by atoms with van der Waals surface area (Å²) >= 11 is 0. The fourth-order valence-electron chi connectivity index (χ4n) is 6.61. The third-order valence-electron chi connectivity index (χ3n) is 8.43. The molecule has 178 valence electrons. The highest BCUT2D eigenvalue weighted by Gasteiger charge is 2.36. The lowest BCUT2D eigenvalue weighted by Gasteiger charge is -2.21. The van der Waals surface area contributed by atoms with Crippen molar-refractivity contribution in [3.05, 3.63) is 115 Å². The van der Waals surface area contributed by atoms with Crippen molar-refractivity contribution in [2.45, 2.75) is 32.1 Å². The van der Waals surface area contributed by atoms with Gasteiger partial charge in [-0.15, -0.1) is 0 Å². The lowest BCUT2D eigenvalue weighted by Crippen LogP contribution is -2.15. The average molecular weight is 478 g/mol. The monoisotopic (exact) mass is 477 g/mol. The van der Waals surface area contributed by atoms with Crippen LogP contribution < -0.4 is 0 Å². The van der Waals surface area contributed by atoms with Crippen LogP contribution in [0, 0.1) is 0 Å². The fraction of sp³-hybridized carbons (Fsp3) is 0.147. The Kier molecular flexibility index (Phi) is 4.12. The first kappa shape index (κ1) is 20.8. The largest absolute Gasteiger partial charge is 0.307 e. The van der Waals surface area contributed by atoms with Gasteiger partial charge in [-0.25, -0.2) is 4.98 Å². The zero-order chi connectivity index (χ0) is 24.7. The second-order valence-corrected chi connectivity index (χ2v) is 10.8. The molecule has 8 rings (SSSR count). The molecule has 2 heterocycles. The third kappa shape index (κ3) is 2.74. The van der Waals surface area contributed by atoms with Crippen LogP contribution in [0.15, 0.2) is 103 Å². The van der Waals surface area contributed by atoms with Crippen molar-refractivity contribution in [3.63, 3.8) is 0 Å². The predicted molar refractivity (Wildman–Crippen MR) is 154 cm³/mol. The Hall–Kier alpha value is -4.37. The van der Waals surface area contributed by atoms with Gasteiger partial charge in [-0.1, -0.05) is 74.5 Å². The second kappa shape index (κ2) is 7.33. The van der Waals surface area contributed by atoms with Gasteiger partial charge >= 0.3 is 0 Å². The van der Waals surface area contributed by atoms with Gasteiger partial charge in [-0.3, -0.25) is 4.57 Å². The van der Waals surface area contributed by atoms with Crippen molar-refractivity contribution < 1.29 is 0 Å². The van der Waals surface area contributed by atoms with Gasteiger partial charge in [0.1, 0.15) is 11.8 Å². The summed E-state index contributed by atoms with van der Waals surface area (Å²) in [6.07, 6.45) is 10.9. The van der Waals surface area contributed by atoms with Gasteiger partial charge in [0.05, 0.1) is 22.2 Å². The summed E-state index contributed by atoms with van der Waals surface area (Å²) in [6, 6.07) is 29.1. The first-order valence-electron chi connectivity index (χ1n) is 13.1. The molecule has 0 bridgehead atoms. The zero-order valence-electron chi connectivity index (χ0n) is 21.1. The number of hydrogen-bond acceptors (Lipinski definition) is 1. The minimum atomic E-state index is -0.0468. The summed E-state index contributed by atoms with van der Waals surface area (Å²) in [6.45, 7) is 4.70. The molecule has 0 fully saturated rings. The van der Waals surface area contributed by atoms with Crippen LogP contribution in [0.1, 0.15) is 37.8 Å². The average Bonchev–Trinajstić information content (AvgIpc) is 3.58. The zero-order valence-corrected chi connectivity index (χ0v) is 21.1. The van der Waals surface area contributed by atoms with Crippen molar-refractivity contribution in [3.8, 4) is 16.8 Å². The number of nitrogens with zero attached hydrogens (tertiary/aromatic N) is 3. The molecule has 6 aromatic rings. The van der Waals surface area contributed by atoms with Gasteiger partial charge in [0, 0.05) is 21.9 Å². The number of allylic oxidation sites excluding steroid dienone is 4. The molecule has 2 aliphatic carbocycles. The molecular weight excluding hydrogens is 450 g/mol. The van der Waals surface area contributed by atoms with Gasteiger partial charge in [-0.05, 0) is 71.5 Å². The third-order valence-corrected chi connectivity index (χ3v) is 8.43. The van der Waals surface area contributed by atoms with Crippen molar-refractivity contribution in [2.75, 3.05) is 0 Å². The molecule has 0 spiro atoms. The van der Waals surface area contributed by atoms with Gasteiger partial charge in [0.2, 0.25) is 0 Å². The Labute approximate surface area is 216 Å². The maximum Gasteiger partial charge on any atom is 0.113 e. The van der Waals surface area contributed by atoms with E-state index in [9.17, 15) is 0 Å². The SMILES string of the molecule is CC1(C)c2ccccc2-c2cc3c4ccccc4n(-c4cccc5c4ncn5C4=CCCC=C4)c3cc21. The van der Waals surface area contributed by atoms with Gasteiger partial charge in [0.15, 0.2) is 0 Å². The molecule has 37 heavy (non-hydrogen) atoms. The second-order valence-electron chi connectivity index (χ2n) is 10.8. The molecule has 0 saturated carbocycles. The Morgan fingerprint density at radius 1 is 0.730 bits per heavy atom. The molecule has 0 amide bonds. The topological polar surface area (TPSA) is 22.8 Å². The van der Waals surface area contributed by atoms with Crippen LogP contribution in [0.2, 0.25) is 0 Å². The number of hydrogen-bond donors (Lipinski definition) is 0. The molecule has 3 heteroatoms. The van der Waals surface area contributed by atoms with E-state index in [0.717, 1.165) is 29.6 Å². The Balaban J connectivity index is 1.45. The molecule has 0 radical (unpaired) electrons. The minimum Gasteiger partial charge on any atom is -0.307 e. The summed E-state index contributed by atoms with van der Waals surface area (Å²) in [7, 11) is 0. The van der Waals surface area contributed by atoms with Crippen LogP contribution in [0.3, 0.4) is 0 Å². The summed E-state index contributed by atoms with van der Waals surface area (Å²) in [4.78, 5) is 4.96. The molecule has 0 N–H and O–H groups in total. The van der Waals surface area contributed by atoms with Crippen LogP contribution in [0.25, 0.3) is 55.4 Å². The molecule has 0 atom stereocenters. The van der Waals surface area contributed by atoms with Crippen molar-refractivity contribution in [1.82, 2.24) is 14.1 Å². The van der Waals surface area contributed by atoms with Crippen LogP contribution in [-0.4, -0.2) is 14.1 Å². The van der Waals surface area contributed by atoms with E-state index in [1.54, 1.807) is 0 Å². The molecular formula is C34H27N3. The van der Waals surface area contributed by atoms with Crippen molar-refractivity contribution in [1.29, 1.82) is 0 Å². The number of aromatic nitrogens is 3. The van der Waals surface area contributed by atoms with Crippen LogP contribution in [0.4, 0.5) is 0 Å². The van der Waals surface area contributed by atoms with E-state index in [1.165, 1.54) is 49.8 Å². The van der Waals surface area contributed by atoms with Crippen molar-refractivity contribution >= 4 is 38.5 Å². The molecule has 2 aliphatic rings. The number of para-hydroxylation sites is 2. The van der Waals surface area contributed by atoms with Crippen LogP contribution in [-0.2, 0) is 5.41 Å². The fourth-order valence-corrected chi connectivity index (χ4v) is 6.61. The van der Waals surface area contributed by atoms with E-state index in [2.05, 4.69) is 120 Å². The van der Waals surface area contributed by atoms with E-state index >= 15 is 0 Å². The smallest absolute Gasteiger partial charge is 0.113 e. The Bertz CT molecular complexity index is 1960. The number of benzene rings is 4. The van der Waals surface area contributed by atoms with E-state index in [1.807, 2.05) is 6.33 Å². The summed E-state index contributed by atoms with van der Waals surface area (Å²) in [5.74, 6) is 0. The highest BCUT2D eigenvalue weighted by Crippen LogP contribution is 2.51. The lowest BCUT2D eigenvalue weighted by molar-refractivity contribution is 0.661. The van der Waals surface area contributed by atoms with E-state index in [4.69, 9.17) is 4.98 Å². The van der Waals surface area contributed by atoms with Gasteiger partial charge < -0.3 is 4.57 Å². The van der Waals surface area contributed by atoms with Gasteiger partial charge in [0.25, 0.3) is 0 Å². The van der Waals surface area contributed by atoms with E-state index in [0.29, 0.717) is 0 Å². The number of rotatable bonds is 2. The molecule has 0 unspecified atom stereocenters. The first-order chi connectivity index (χ1) is 18.1. The quantitative estimate of drug-likeness (QED) is 0.245. The summed E-state index contributed by atoms with van der Waals surface area (Å²) < 4.78 is 4.65.